The van der Waals surface area contributed by atoms with Crippen LogP contribution in [0.2, 0.25) is 5.02 Å². The molecule has 0 fully saturated rings. The van der Waals surface area contributed by atoms with Crippen molar-refractivity contribution in [1.82, 2.24) is 0 Å². The zero-order valence-electron chi connectivity index (χ0n) is 10.6. The Morgan fingerprint density at radius 3 is 2.60 bits per heavy atom. The molecule has 0 heterocycles. The third kappa shape index (κ3) is 4.05. The second-order valence-corrected chi connectivity index (χ2v) is 4.88. The van der Waals surface area contributed by atoms with Crippen LogP contribution in [-0.2, 0) is 11.2 Å². The third-order valence-corrected chi connectivity index (χ3v) is 2.98. The van der Waals surface area contributed by atoms with Gasteiger partial charge in [-0.2, -0.15) is 0 Å². The number of anilines is 1. The number of rotatable bonds is 4. The molecular weight excluding hydrogens is 279 g/mol. The normalized spacial score (nSPS) is 11.9. The number of nitrogens with two attached hydrogens (primary N) is 1. The highest BCUT2D eigenvalue weighted by Gasteiger charge is 2.14. The molecule has 2 rings (SSSR count). The van der Waals surface area contributed by atoms with Crippen LogP contribution in [0.3, 0.4) is 0 Å². The van der Waals surface area contributed by atoms with Gasteiger partial charge in [0.15, 0.2) is 0 Å². The first-order valence-corrected chi connectivity index (χ1v) is 6.49. The Hall–Kier alpha value is -1.91. The van der Waals surface area contributed by atoms with Gasteiger partial charge in [-0.15, -0.1) is 0 Å². The molecule has 0 aliphatic heterocycles. The summed E-state index contributed by atoms with van der Waals surface area (Å²) in [6.45, 7) is 0. The molecule has 5 heteroatoms. The van der Waals surface area contributed by atoms with Crippen molar-refractivity contribution in [3.8, 4) is 0 Å². The number of carbonyl (C=O) groups excluding carboxylic acids is 1. The summed E-state index contributed by atoms with van der Waals surface area (Å²) >= 11 is 5.72. The molecule has 0 bridgehead atoms. The van der Waals surface area contributed by atoms with Crippen LogP contribution in [0.4, 0.5) is 10.1 Å². The van der Waals surface area contributed by atoms with Gasteiger partial charge in [-0.1, -0.05) is 41.9 Å². The van der Waals surface area contributed by atoms with E-state index in [2.05, 4.69) is 5.32 Å². The molecule has 0 unspecified atom stereocenters. The van der Waals surface area contributed by atoms with Crippen LogP contribution >= 0.6 is 11.6 Å². The molecule has 3 N–H and O–H groups in total. The number of halogens is 2. The van der Waals surface area contributed by atoms with E-state index in [9.17, 15) is 9.18 Å². The lowest BCUT2D eigenvalue weighted by Gasteiger charge is -2.12. The van der Waals surface area contributed by atoms with Crippen LogP contribution in [-0.4, -0.2) is 11.9 Å². The number of benzene rings is 2. The number of hydrogen-bond donors (Lipinski definition) is 2. The number of amides is 1. The Balaban J connectivity index is 2.00. The summed E-state index contributed by atoms with van der Waals surface area (Å²) in [7, 11) is 0. The van der Waals surface area contributed by atoms with E-state index in [0.717, 1.165) is 5.56 Å². The molecular formula is C15H14ClFN2O. The first-order chi connectivity index (χ1) is 9.54. The smallest absolute Gasteiger partial charge is 0.241 e. The molecule has 2 aromatic rings. The van der Waals surface area contributed by atoms with E-state index in [1.807, 2.05) is 30.3 Å². The molecule has 2 aromatic carbocycles. The monoisotopic (exact) mass is 292 g/mol. The fraction of sp³-hybridized carbons (Fsp3) is 0.133. The zero-order valence-corrected chi connectivity index (χ0v) is 11.4. The minimum absolute atomic E-state index is 0.219. The Labute approximate surface area is 121 Å². The van der Waals surface area contributed by atoms with Crippen LogP contribution in [0.5, 0.6) is 0 Å². The maximum atomic E-state index is 13.2. The van der Waals surface area contributed by atoms with Gasteiger partial charge in [-0.3, -0.25) is 4.79 Å². The summed E-state index contributed by atoms with van der Waals surface area (Å²) in [6, 6.07) is 12.6. The highest BCUT2D eigenvalue weighted by atomic mass is 35.5. The van der Waals surface area contributed by atoms with Crippen molar-refractivity contribution in [2.75, 3.05) is 5.32 Å². The van der Waals surface area contributed by atoms with Gasteiger partial charge in [0.05, 0.1) is 6.04 Å². The molecule has 104 valence electrons. The molecule has 20 heavy (non-hydrogen) atoms. The first-order valence-electron chi connectivity index (χ1n) is 6.11. The van der Waals surface area contributed by atoms with Gasteiger partial charge >= 0.3 is 0 Å². The van der Waals surface area contributed by atoms with Gasteiger partial charge in [0, 0.05) is 10.7 Å². The van der Waals surface area contributed by atoms with Gasteiger partial charge in [0.2, 0.25) is 5.91 Å². The van der Waals surface area contributed by atoms with Crippen molar-refractivity contribution in [3.05, 3.63) is 64.9 Å². The van der Waals surface area contributed by atoms with Crippen molar-refractivity contribution in [2.45, 2.75) is 12.5 Å². The zero-order chi connectivity index (χ0) is 14.5. The summed E-state index contributed by atoms with van der Waals surface area (Å²) in [6.07, 6.45) is 0.412. The lowest BCUT2D eigenvalue weighted by molar-refractivity contribution is -0.117. The molecule has 0 radical (unpaired) electrons. The Morgan fingerprint density at radius 2 is 1.95 bits per heavy atom. The molecule has 0 aliphatic rings. The topological polar surface area (TPSA) is 55.1 Å². The van der Waals surface area contributed by atoms with E-state index in [-0.39, 0.29) is 10.9 Å². The second-order valence-electron chi connectivity index (χ2n) is 4.44. The van der Waals surface area contributed by atoms with Crippen LogP contribution in [0, 0.1) is 5.82 Å². The molecule has 0 saturated carbocycles. The highest BCUT2D eigenvalue weighted by molar-refractivity contribution is 6.30. The number of nitrogens with one attached hydrogen (secondary N) is 1. The van der Waals surface area contributed by atoms with Crippen molar-refractivity contribution < 1.29 is 9.18 Å². The molecule has 0 spiro atoms. The SMILES string of the molecule is N[C@H](Cc1ccccc1)C(=O)Nc1cc(F)cc(Cl)c1. The van der Waals surface area contributed by atoms with E-state index >= 15 is 0 Å². The van der Waals surface area contributed by atoms with Crippen LogP contribution in [0.15, 0.2) is 48.5 Å². The summed E-state index contributed by atoms with van der Waals surface area (Å²) in [4.78, 5) is 11.9. The quantitative estimate of drug-likeness (QED) is 0.910. The first kappa shape index (κ1) is 14.5. The van der Waals surface area contributed by atoms with Gasteiger partial charge in [0.1, 0.15) is 5.82 Å². The van der Waals surface area contributed by atoms with E-state index in [0.29, 0.717) is 12.1 Å². The number of carbonyl (C=O) groups is 1. The minimum Gasteiger partial charge on any atom is -0.325 e. The molecule has 1 amide bonds. The van der Waals surface area contributed by atoms with Gasteiger partial charge in [-0.25, -0.2) is 4.39 Å². The van der Waals surface area contributed by atoms with Gasteiger partial charge < -0.3 is 11.1 Å². The maximum absolute atomic E-state index is 13.2. The Morgan fingerprint density at radius 1 is 1.25 bits per heavy atom. The summed E-state index contributed by atoms with van der Waals surface area (Å²) in [5, 5.41) is 2.77. The molecule has 0 saturated heterocycles. The highest BCUT2D eigenvalue weighted by Crippen LogP contribution is 2.18. The van der Waals surface area contributed by atoms with Crippen LogP contribution in [0.1, 0.15) is 5.56 Å². The standard InChI is InChI=1S/C15H14ClFN2O/c16-11-7-12(17)9-13(8-11)19-15(20)14(18)6-10-4-2-1-3-5-10/h1-5,7-9,14H,6,18H2,(H,19,20)/t14-/m1/s1. The fourth-order valence-corrected chi connectivity index (χ4v) is 2.04. The Kier molecular flexibility index (Phi) is 4.71. The molecule has 0 aromatic heterocycles. The van der Waals surface area contributed by atoms with Crippen LogP contribution in [0.25, 0.3) is 0 Å². The predicted molar refractivity (Wildman–Crippen MR) is 78.2 cm³/mol. The van der Waals surface area contributed by atoms with Gasteiger partial charge in [0.25, 0.3) is 0 Å². The summed E-state index contributed by atoms with van der Waals surface area (Å²) in [5.41, 5.74) is 7.09. The van der Waals surface area contributed by atoms with Crippen LogP contribution < -0.4 is 11.1 Å². The maximum Gasteiger partial charge on any atom is 0.241 e. The largest absolute Gasteiger partial charge is 0.325 e. The van der Waals surface area contributed by atoms with Crippen molar-refractivity contribution in [2.24, 2.45) is 5.73 Å². The lowest BCUT2D eigenvalue weighted by atomic mass is 10.1. The lowest BCUT2D eigenvalue weighted by Crippen LogP contribution is -2.37. The van der Waals surface area contributed by atoms with Crippen molar-refractivity contribution >= 4 is 23.2 Å². The van der Waals surface area contributed by atoms with Crippen molar-refractivity contribution in [1.29, 1.82) is 0 Å². The van der Waals surface area contributed by atoms with Gasteiger partial charge in [-0.05, 0) is 30.2 Å². The minimum atomic E-state index is -0.709. The predicted octanol–water partition coefficient (Wildman–Crippen LogP) is 2.99. The van der Waals surface area contributed by atoms with E-state index in [1.54, 1.807) is 0 Å². The number of hydrogen-bond acceptors (Lipinski definition) is 2. The second kappa shape index (κ2) is 6.50. The molecule has 1 atom stereocenters. The van der Waals surface area contributed by atoms with E-state index in [4.69, 9.17) is 17.3 Å². The Bertz CT molecular complexity index is 584. The fourth-order valence-electron chi connectivity index (χ4n) is 1.82. The summed E-state index contributed by atoms with van der Waals surface area (Å²) in [5.74, 6) is -0.889. The average Bonchev–Trinajstić information content (AvgIpc) is 2.38. The molecule has 0 aliphatic carbocycles. The van der Waals surface area contributed by atoms with E-state index in [1.165, 1.54) is 18.2 Å². The molecule has 3 nitrogen and oxygen atoms in total. The summed E-state index contributed by atoms with van der Waals surface area (Å²) < 4.78 is 13.2. The average molecular weight is 293 g/mol. The van der Waals surface area contributed by atoms with Crippen molar-refractivity contribution in [3.63, 3.8) is 0 Å². The van der Waals surface area contributed by atoms with E-state index < -0.39 is 11.9 Å². The third-order valence-electron chi connectivity index (χ3n) is 2.77.